The van der Waals surface area contributed by atoms with Gasteiger partial charge in [-0.2, -0.15) is 0 Å². The molecule has 2 rings (SSSR count). The summed E-state index contributed by atoms with van der Waals surface area (Å²) in [5.41, 5.74) is -0.283. The van der Waals surface area contributed by atoms with Gasteiger partial charge in [-0.3, -0.25) is 9.20 Å². The van der Waals surface area contributed by atoms with E-state index in [2.05, 4.69) is 4.98 Å². The second-order valence-electron chi connectivity index (χ2n) is 3.25. The molecule has 2 aromatic rings. The molecule has 0 radical (unpaired) electrons. The van der Waals surface area contributed by atoms with Crippen LogP contribution in [0.5, 0.6) is 0 Å². The van der Waals surface area contributed by atoms with Gasteiger partial charge in [-0.1, -0.05) is 11.6 Å². The molecule has 0 atom stereocenters. The number of rotatable bonds is 2. The van der Waals surface area contributed by atoms with Crippen LogP contribution >= 0.6 is 11.6 Å². The molecule has 0 aliphatic rings. The van der Waals surface area contributed by atoms with E-state index >= 15 is 0 Å². The van der Waals surface area contributed by atoms with Crippen molar-refractivity contribution in [2.45, 2.75) is 6.92 Å². The summed E-state index contributed by atoms with van der Waals surface area (Å²) >= 11 is 5.88. The summed E-state index contributed by atoms with van der Waals surface area (Å²) in [5, 5.41) is 0.347. The fourth-order valence-corrected chi connectivity index (χ4v) is 1.63. The van der Waals surface area contributed by atoms with Crippen LogP contribution in [-0.4, -0.2) is 22.0 Å². The molecule has 0 aliphatic heterocycles. The number of ether oxygens (including phenoxy) is 1. The molecule has 17 heavy (non-hydrogen) atoms. The molecule has 0 saturated carbocycles. The molecule has 88 valence electrons. The summed E-state index contributed by atoms with van der Waals surface area (Å²) in [6.45, 7) is 1.87. The average Bonchev–Trinajstić information content (AvgIpc) is 2.31. The summed E-state index contributed by atoms with van der Waals surface area (Å²) < 4.78 is 5.98. The van der Waals surface area contributed by atoms with Crippen LogP contribution in [-0.2, 0) is 4.74 Å². The number of hydrogen-bond donors (Lipinski definition) is 0. The second kappa shape index (κ2) is 4.55. The molecule has 2 aromatic heterocycles. The maximum absolute atomic E-state index is 12.0. The van der Waals surface area contributed by atoms with Crippen LogP contribution in [0, 0.1) is 0 Å². The van der Waals surface area contributed by atoms with Gasteiger partial charge in [0.15, 0.2) is 5.65 Å². The Labute approximate surface area is 102 Å². The number of carbonyl (C=O) groups excluding carboxylic acids is 1. The number of halogens is 1. The first kappa shape index (κ1) is 11.6. The third-order valence-electron chi connectivity index (χ3n) is 2.18. The van der Waals surface area contributed by atoms with Crippen molar-refractivity contribution in [2.75, 3.05) is 6.61 Å². The Morgan fingerprint density at radius 2 is 2.35 bits per heavy atom. The van der Waals surface area contributed by atoms with Crippen LogP contribution in [0.4, 0.5) is 0 Å². The van der Waals surface area contributed by atoms with E-state index in [-0.39, 0.29) is 12.2 Å². The van der Waals surface area contributed by atoms with Gasteiger partial charge in [0.2, 0.25) is 0 Å². The number of esters is 1. The Kier molecular flexibility index (Phi) is 3.10. The van der Waals surface area contributed by atoms with Crippen molar-refractivity contribution in [2.24, 2.45) is 0 Å². The lowest BCUT2D eigenvalue weighted by atomic mass is 10.3. The van der Waals surface area contributed by atoms with Gasteiger partial charge in [-0.05, 0) is 19.1 Å². The topological polar surface area (TPSA) is 60.7 Å². The van der Waals surface area contributed by atoms with Crippen LogP contribution in [0.25, 0.3) is 5.65 Å². The molecule has 6 heteroatoms. The first-order valence-electron chi connectivity index (χ1n) is 4.98. The van der Waals surface area contributed by atoms with Crippen molar-refractivity contribution in [3.8, 4) is 0 Å². The Balaban J connectivity index is 2.67. The quantitative estimate of drug-likeness (QED) is 0.761. The molecule has 0 fully saturated rings. The zero-order chi connectivity index (χ0) is 12.4. The zero-order valence-electron chi connectivity index (χ0n) is 9.01. The molecule has 0 aliphatic carbocycles. The van der Waals surface area contributed by atoms with Crippen molar-refractivity contribution in [1.29, 1.82) is 0 Å². The third kappa shape index (κ3) is 2.01. The van der Waals surface area contributed by atoms with Gasteiger partial charge in [0, 0.05) is 12.4 Å². The SMILES string of the molecule is CCOC(=O)c1cnc2c(Cl)cccn2c1=O. The van der Waals surface area contributed by atoms with Crippen molar-refractivity contribution in [3.05, 3.63) is 45.5 Å². The van der Waals surface area contributed by atoms with E-state index in [1.807, 2.05) is 0 Å². The summed E-state index contributed by atoms with van der Waals surface area (Å²) in [5.74, 6) is -0.681. The first-order valence-corrected chi connectivity index (χ1v) is 5.36. The smallest absolute Gasteiger partial charge is 0.345 e. The molecule has 0 amide bonds. The number of pyridine rings is 1. The average molecular weight is 253 g/mol. The van der Waals surface area contributed by atoms with Crippen molar-refractivity contribution < 1.29 is 9.53 Å². The van der Waals surface area contributed by atoms with Gasteiger partial charge in [0.25, 0.3) is 5.56 Å². The Morgan fingerprint density at radius 3 is 3.06 bits per heavy atom. The zero-order valence-corrected chi connectivity index (χ0v) is 9.77. The van der Waals surface area contributed by atoms with Gasteiger partial charge in [0.05, 0.1) is 11.6 Å². The Morgan fingerprint density at radius 1 is 1.59 bits per heavy atom. The highest BCUT2D eigenvalue weighted by Gasteiger charge is 2.14. The van der Waals surface area contributed by atoms with E-state index in [0.29, 0.717) is 10.7 Å². The highest BCUT2D eigenvalue weighted by atomic mass is 35.5. The maximum Gasteiger partial charge on any atom is 0.345 e. The van der Waals surface area contributed by atoms with Gasteiger partial charge in [-0.15, -0.1) is 0 Å². The number of nitrogens with zero attached hydrogens (tertiary/aromatic N) is 2. The molecular weight excluding hydrogens is 244 g/mol. The third-order valence-corrected chi connectivity index (χ3v) is 2.47. The highest BCUT2D eigenvalue weighted by molar-refractivity contribution is 6.33. The fourth-order valence-electron chi connectivity index (χ4n) is 1.42. The normalized spacial score (nSPS) is 10.5. The van der Waals surface area contributed by atoms with Crippen molar-refractivity contribution in [1.82, 2.24) is 9.38 Å². The van der Waals surface area contributed by atoms with Crippen LogP contribution in [0.2, 0.25) is 5.02 Å². The van der Waals surface area contributed by atoms with Crippen LogP contribution in [0.1, 0.15) is 17.3 Å². The summed E-state index contributed by atoms with van der Waals surface area (Å²) in [4.78, 5) is 27.4. The number of aromatic nitrogens is 2. The van der Waals surface area contributed by atoms with Crippen LogP contribution < -0.4 is 5.56 Å². The van der Waals surface area contributed by atoms with Gasteiger partial charge in [0.1, 0.15) is 5.56 Å². The minimum absolute atomic E-state index is 0.105. The number of fused-ring (bicyclic) bond motifs is 1. The Bertz CT molecular complexity index is 636. The van der Waals surface area contributed by atoms with Crippen LogP contribution in [0.3, 0.4) is 0 Å². The number of hydrogen-bond acceptors (Lipinski definition) is 4. The molecule has 0 N–H and O–H groups in total. The van der Waals surface area contributed by atoms with Gasteiger partial charge < -0.3 is 4.74 Å². The van der Waals surface area contributed by atoms with E-state index in [1.54, 1.807) is 19.1 Å². The predicted octanol–water partition coefficient (Wildman–Crippen LogP) is 1.52. The fraction of sp³-hybridized carbons (Fsp3) is 0.182. The first-order chi connectivity index (χ1) is 8.15. The molecule has 0 spiro atoms. The summed E-state index contributed by atoms with van der Waals surface area (Å²) in [6, 6.07) is 3.22. The van der Waals surface area contributed by atoms with Crippen LogP contribution in [0.15, 0.2) is 29.3 Å². The van der Waals surface area contributed by atoms with E-state index in [0.717, 1.165) is 0 Å². The summed E-state index contributed by atoms with van der Waals surface area (Å²) in [7, 11) is 0. The monoisotopic (exact) mass is 252 g/mol. The molecule has 0 aromatic carbocycles. The molecule has 2 heterocycles. The standard InChI is InChI=1S/C11H9ClN2O3/c1-2-17-11(16)7-6-13-9-8(12)4-3-5-14(9)10(7)15/h3-6H,2H2,1H3. The van der Waals surface area contributed by atoms with E-state index in [4.69, 9.17) is 16.3 Å². The summed E-state index contributed by atoms with van der Waals surface area (Å²) in [6.07, 6.45) is 2.68. The molecule has 5 nitrogen and oxygen atoms in total. The highest BCUT2D eigenvalue weighted by Crippen LogP contribution is 2.12. The largest absolute Gasteiger partial charge is 0.462 e. The predicted molar refractivity (Wildman–Crippen MR) is 62.4 cm³/mol. The second-order valence-corrected chi connectivity index (χ2v) is 3.65. The van der Waals surface area contributed by atoms with Gasteiger partial charge >= 0.3 is 5.97 Å². The van der Waals surface area contributed by atoms with Gasteiger partial charge in [-0.25, -0.2) is 9.78 Å². The molecule has 0 unspecified atom stereocenters. The van der Waals surface area contributed by atoms with E-state index < -0.39 is 11.5 Å². The lowest BCUT2D eigenvalue weighted by molar-refractivity contribution is 0.0523. The number of carbonyl (C=O) groups is 1. The lowest BCUT2D eigenvalue weighted by Crippen LogP contribution is -2.24. The minimum Gasteiger partial charge on any atom is -0.462 e. The van der Waals surface area contributed by atoms with E-state index in [1.165, 1.54) is 16.8 Å². The lowest BCUT2D eigenvalue weighted by Gasteiger charge is -2.04. The molecule has 0 bridgehead atoms. The van der Waals surface area contributed by atoms with Crippen molar-refractivity contribution in [3.63, 3.8) is 0 Å². The minimum atomic E-state index is -0.681. The van der Waals surface area contributed by atoms with Crippen molar-refractivity contribution >= 4 is 23.2 Å². The Hall–Kier alpha value is -1.88. The molecular formula is C11H9ClN2O3. The molecule has 0 saturated heterocycles. The van der Waals surface area contributed by atoms with E-state index in [9.17, 15) is 9.59 Å². The maximum atomic E-state index is 12.0.